The summed E-state index contributed by atoms with van der Waals surface area (Å²) in [6, 6.07) is 0. The zero-order chi connectivity index (χ0) is 14.5. The Kier molecular flexibility index (Phi) is 11.3. The second-order valence-electron chi connectivity index (χ2n) is 4.44. The van der Waals surface area contributed by atoms with Gasteiger partial charge in [0.05, 0.1) is 13.2 Å². The van der Waals surface area contributed by atoms with Crippen molar-refractivity contribution < 1.29 is 14.3 Å². The molecule has 0 rings (SSSR count). The predicted octanol–water partition coefficient (Wildman–Crippen LogP) is 1.57. The highest BCUT2D eigenvalue weighted by atomic mass is 16.5. The molecule has 19 heavy (non-hydrogen) atoms. The second-order valence-corrected chi connectivity index (χ2v) is 4.44. The van der Waals surface area contributed by atoms with Gasteiger partial charge in [-0.05, 0) is 39.8 Å². The first-order valence-corrected chi connectivity index (χ1v) is 7.28. The van der Waals surface area contributed by atoms with Crippen molar-refractivity contribution in [2.45, 2.75) is 46.5 Å². The smallest absolute Gasteiger partial charge is 0.305 e. The summed E-state index contributed by atoms with van der Waals surface area (Å²) in [5.74, 6) is -0.0342. The van der Waals surface area contributed by atoms with Crippen LogP contribution in [0.2, 0.25) is 0 Å². The lowest BCUT2D eigenvalue weighted by molar-refractivity contribution is -0.143. The van der Waals surface area contributed by atoms with Crippen LogP contribution in [0.1, 0.15) is 46.5 Å². The van der Waals surface area contributed by atoms with Gasteiger partial charge in [-0.25, -0.2) is 0 Å². The van der Waals surface area contributed by atoms with Crippen LogP contribution in [0.3, 0.4) is 0 Å². The minimum atomic E-state index is -0.114. The summed E-state index contributed by atoms with van der Waals surface area (Å²) < 4.78 is 4.87. The summed E-state index contributed by atoms with van der Waals surface area (Å²) >= 11 is 0. The van der Waals surface area contributed by atoms with Gasteiger partial charge in [0.1, 0.15) is 0 Å². The standard InChI is InChI=1S/C14H28N2O3/c1-4-15-13(17)12-16(5-2)11-9-7-8-10-14(18)19-6-3/h4-12H2,1-3H3,(H,15,17). The second kappa shape index (κ2) is 12.0. The molecule has 0 unspecified atom stereocenters. The van der Waals surface area contributed by atoms with Crippen molar-refractivity contribution >= 4 is 11.9 Å². The number of ether oxygens (including phenoxy) is 1. The van der Waals surface area contributed by atoms with E-state index in [0.717, 1.165) is 32.4 Å². The lowest BCUT2D eigenvalue weighted by Gasteiger charge is -2.19. The van der Waals surface area contributed by atoms with Gasteiger partial charge in [-0.1, -0.05) is 13.3 Å². The molecule has 0 aromatic carbocycles. The first kappa shape index (κ1) is 17.9. The van der Waals surface area contributed by atoms with E-state index >= 15 is 0 Å². The van der Waals surface area contributed by atoms with E-state index in [1.54, 1.807) is 0 Å². The molecule has 0 atom stereocenters. The number of carbonyl (C=O) groups is 2. The fourth-order valence-electron chi connectivity index (χ4n) is 1.82. The van der Waals surface area contributed by atoms with Crippen LogP contribution in [0.5, 0.6) is 0 Å². The van der Waals surface area contributed by atoms with Crippen LogP contribution >= 0.6 is 0 Å². The van der Waals surface area contributed by atoms with Gasteiger partial charge in [-0.2, -0.15) is 0 Å². The molecule has 5 nitrogen and oxygen atoms in total. The first-order valence-electron chi connectivity index (χ1n) is 7.28. The van der Waals surface area contributed by atoms with Crippen LogP contribution < -0.4 is 5.32 Å². The maximum absolute atomic E-state index is 11.4. The van der Waals surface area contributed by atoms with Gasteiger partial charge >= 0.3 is 5.97 Å². The minimum Gasteiger partial charge on any atom is -0.466 e. The van der Waals surface area contributed by atoms with E-state index in [1.165, 1.54) is 0 Å². The highest BCUT2D eigenvalue weighted by Gasteiger charge is 2.08. The molecule has 1 N–H and O–H groups in total. The Morgan fingerprint density at radius 1 is 1.11 bits per heavy atom. The fraction of sp³-hybridized carbons (Fsp3) is 0.857. The molecule has 0 bridgehead atoms. The Bertz CT molecular complexity index is 257. The quantitative estimate of drug-likeness (QED) is 0.458. The topological polar surface area (TPSA) is 58.6 Å². The van der Waals surface area contributed by atoms with Crippen LogP contribution in [0, 0.1) is 0 Å². The van der Waals surface area contributed by atoms with E-state index in [9.17, 15) is 9.59 Å². The SMILES string of the molecule is CCNC(=O)CN(CC)CCCCCC(=O)OCC. The highest BCUT2D eigenvalue weighted by Crippen LogP contribution is 2.03. The van der Waals surface area contributed by atoms with Gasteiger partial charge in [0.2, 0.25) is 5.91 Å². The number of hydrogen-bond acceptors (Lipinski definition) is 4. The van der Waals surface area contributed by atoms with E-state index in [-0.39, 0.29) is 11.9 Å². The maximum Gasteiger partial charge on any atom is 0.305 e. The molecule has 0 radical (unpaired) electrons. The van der Waals surface area contributed by atoms with E-state index < -0.39 is 0 Å². The number of hydrogen-bond donors (Lipinski definition) is 1. The minimum absolute atomic E-state index is 0.0795. The van der Waals surface area contributed by atoms with Crippen LogP contribution in [0.15, 0.2) is 0 Å². The Morgan fingerprint density at radius 2 is 1.84 bits per heavy atom. The number of nitrogens with one attached hydrogen (secondary N) is 1. The van der Waals surface area contributed by atoms with Crippen LogP contribution in [-0.4, -0.2) is 49.6 Å². The molecular formula is C14H28N2O3. The van der Waals surface area contributed by atoms with Crippen molar-refractivity contribution in [2.75, 3.05) is 32.8 Å². The number of nitrogens with zero attached hydrogens (tertiary/aromatic N) is 1. The van der Waals surface area contributed by atoms with Crippen molar-refractivity contribution in [2.24, 2.45) is 0 Å². The summed E-state index contributed by atoms with van der Waals surface area (Å²) in [4.78, 5) is 24.7. The van der Waals surface area contributed by atoms with Gasteiger partial charge in [-0.3, -0.25) is 14.5 Å². The molecule has 0 aliphatic heterocycles. The van der Waals surface area contributed by atoms with Crippen LogP contribution in [-0.2, 0) is 14.3 Å². The third-order valence-corrected chi connectivity index (χ3v) is 2.85. The van der Waals surface area contributed by atoms with Crippen molar-refractivity contribution in [3.05, 3.63) is 0 Å². The van der Waals surface area contributed by atoms with Gasteiger partial charge in [0.25, 0.3) is 0 Å². The Labute approximate surface area is 116 Å². The van der Waals surface area contributed by atoms with Crippen molar-refractivity contribution in [1.29, 1.82) is 0 Å². The molecule has 0 aliphatic rings. The van der Waals surface area contributed by atoms with E-state index in [0.29, 0.717) is 26.1 Å². The molecule has 0 aromatic rings. The Morgan fingerprint density at radius 3 is 2.42 bits per heavy atom. The molecule has 0 saturated carbocycles. The van der Waals surface area contributed by atoms with Crippen molar-refractivity contribution in [1.82, 2.24) is 10.2 Å². The zero-order valence-electron chi connectivity index (χ0n) is 12.5. The highest BCUT2D eigenvalue weighted by molar-refractivity contribution is 5.77. The number of rotatable bonds is 11. The van der Waals surface area contributed by atoms with Gasteiger partial charge < -0.3 is 10.1 Å². The average Bonchev–Trinajstić information content (AvgIpc) is 2.37. The molecule has 0 spiro atoms. The predicted molar refractivity (Wildman–Crippen MR) is 75.9 cm³/mol. The van der Waals surface area contributed by atoms with Crippen molar-refractivity contribution in [3.63, 3.8) is 0 Å². The molecule has 0 aromatic heterocycles. The largest absolute Gasteiger partial charge is 0.466 e. The van der Waals surface area contributed by atoms with E-state index in [4.69, 9.17) is 4.74 Å². The summed E-state index contributed by atoms with van der Waals surface area (Å²) in [6.07, 6.45) is 3.35. The molecular weight excluding hydrogens is 244 g/mol. The lowest BCUT2D eigenvalue weighted by atomic mass is 10.2. The molecule has 0 heterocycles. The monoisotopic (exact) mass is 272 g/mol. The normalized spacial score (nSPS) is 10.5. The summed E-state index contributed by atoms with van der Waals surface area (Å²) in [5, 5.41) is 2.80. The fourth-order valence-corrected chi connectivity index (χ4v) is 1.82. The summed E-state index contributed by atoms with van der Waals surface area (Å²) in [7, 11) is 0. The molecule has 5 heteroatoms. The van der Waals surface area contributed by atoms with Crippen LogP contribution in [0.4, 0.5) is 0 Å². The molecule has 0 saturated heterocycles. The van der Waals surface area contributed by atoms with Gasteiger partial charge in [0.15, 0.2) is 0 Å². The van der Waals surface area contributed by atoms with Gasteiger partial charge in [-0.15, -0.1) is 0 Å². The number of unbranched alkanes of at least 4 members (excludes halogenated alkanes) is 2. The first-order chi connectivity index (χ1) is 9.13. The maximum atomic E-state index is 11.4. The number of likely N-dealkylation sites (N-methyl/N-ethyl adjacent to an activating group) is 2. The average molecular weight is 272 g/mol. The van der Waals surface area contributed by atoms with Crippen LogP contribution in [0.25, 0.3) is 0 Å². The number of amides is 1. The van der Waals surface area contributed by atoms with Gasteiger partial charge in [0, 0.05) is 13.0 Å². The lowest BCUT2D eigenvalue weighted by Crippen LogP contribution is -2.37. The molecule has 0 aliphatic carbocycles. The van der Waals surface area contributed by atoms with E-state index in [1.807, 2.05) is 13.8 Å². The third kappa shape index (κ3) is 10.5. The summed E-state index contributed by atoms with van der Waals surface area (Å²) in [6.45, 7) is 9.15. The number of carbonyl (C=O) groups excluding carboxylic acids is 2. The zero-order valence-corrected chi connectivity index (χ0v) is 12.5. The van der Waals surface area contributed by atoms with E-state index in [2.05, 4.69) is 17.1 Å². The third-order valence-electron chi connectivity index (χ3n) is 2.85. The molecule has 0 fully saturated rings. The summed E-state index contributed by atoms with van der Waals surface area (Å²) in [5.41, 5.74) is 0. The Hall–Kier alpha value is -1.10. The van der Waals surface area contributed by atoms with Crippen molar-refractivity contribution in [3.8, 4) is 0 Å². The number of esters is 1. The Balaban J connectivity index is 3.61. The molecule has 1 amide bonds. The molecule has 112 valence electrons.